The molecule has 0 radical (unpaired) electrons. The highest BCUT2D eigenvalue weighted by atomic mass is 127. The molecule has 8 heteroatoms. The summed E-state index contributed by atoms with van der Waals surface area (Å²) in [5.41, 5.74) is 6.03. The molecule has 1 aliphatic rings. The highest BCUT2D eigenvalue weighted by Gasteiger charge is 2.23. The van der Waals surface area contributed by atoms with Gasteiger partial charge in [0.25, 0.3) is 0 Å². The van der Waals surface area contributed by atoms with Crippen molar-refractivity contribution in [1.29, 1.82) is 0 Å². The highest BCUT2D eigenvalue weighted by molar-refractivity contribution is 14.0. The molecule has 3 N–H and O–H groups in total. The van der Waals surface area contributed by atoms with E-state index in [4.69, 9.17) is 5.73 Å². The van der Waals surface area contributed by atoms with E-state index in [1.54, 1.807) is 13.1 Å². The van der Waals surface area contributed by atoms with E-state index in [1.807, 2.05) is 6.92 Å². The number of hydrogen-bond donors (Lipinski definition) is 2. The van der Waals surface area contributed by atoms with Crippen LogP contribution in [0.25, 0.3) is 0 Å². The molecule has 1 fully saturated rings. The van der Waals surface area contributed by atoms with Crippen LogP contribution in [-0.4, -0.2) is 43.4 Å². The van der Waals surface area contributed by atoms with Gasteiger partial charge in [0, 0.05) is 33.1 Å². The molecule has 26 heavy (non-hydrogen) atoms. The van der Waals surface area contributed by atoms with Crippen LogP contribution < -0.4 is 11.1 Å². The Morgan fingerprint density at radius 3 is 2.77 bits per heavy atom. The quantitative estimate of drug-likeness (QED) is 0.387. The molecule has 0 bridgehead atoms. The summed E-state index contributed by atoms with van der Waals surface area (Å²) in [5, 5.41) is 3.29. The third kappa shape index (κ3) is 6.37. The summed E-state index contributed by atoms with van der Waals surface area (Å²) in [6, 6.07) is 3.97. The number of rotatable bonds is 5. The summed E-state index contributed by atoms with van der Waals surface area (Å²) in [6.07, 6.45) is 2.36. The number of likely N-dealkylation sites (tertiary alicyclic amines) is 1. The molecule has 1 aromatic carbocycles. The summed E-state index contributed by atoms with van der Waals surface area (Å²) < 4.78 is 26.4. The van der Waals surface area contributed by atoms with Crippen LogP contribution in [0, 0.1) is 17.6 Å². The first-order valence-electron chi connectivity index (χ1n) is 8.59. The third-order valence-electron chi connectivity index (χ3n) is 4.60. The van der Waals surface area contributed by atoms with Crippen LogP contribution in [0.5, 0.6) is 0 Å². The third-order valence-corrected chi connectivity index (χ3v) is 4.60. The fourth-order valence-corrected chi connectivity index (χ4v) is 3.22. The van der Waals surface area contributed by atoms with Crippen LogP contribution in [0.1, 0.15) is 37.7 Å². The zero-order valence-corrected chi connectivity index (χ0v) is 17.5. The van der Waals surface area contributed by atoms with E-state index < -0.39 is 11.6 Å². The first kappa shape index (κ1) is 22.6. The molecule has 0 aromatic heterocycles. The Morgan fingerprint density at radius 1 is 1.42 bits per heavy atom. The Kier molecular flexibility index (Phi) is 9.24. The van der Waals surface area contributed by atoms with Gasteiger partial charge in [-0.25, -0.2) is 8.78 Å². The van der Waals surface area contributed by atoms with Crippen molar-refractivity contribution in [3.63, 3.8) is 0 Å². The largest absolute Gasteiger partial charge is 0.370 e. The molecule has 2 rings (SSSR count). The first-order chi connectivity index (χ1) is 11.9. The van der Waals surface area contributed by atoms with Crippen molar-refractivity contribution in [2.24, 2.45) is 16.6 Å². The van der Waals surface area contributed by atoms with Gasteiger partial charge in [-0.15, -0.1) is 24.0 Å². The van der Waals surface area contributed by atoms with Gasteiger partial charge in [-0.2, -0.15) is 0 Å². The topological polar surface area (TPSA) is 70.7 Å². The maximum absolute atomic E-state index is 13.4. The summed E-state index contributed by atoms with van der Waals surface area (Å²) in [6.45, 7) is 4.10. The second-order valence-electron chi connectivity index (χ2n) is 6.63. The number of guanidine groups is 1. The molecule has 1 aliphatic heterocycles. The van der Waals surface area contributed by atoms with Crippen molar-refractivity contribution in [3.8, 4) is 0 Å². The number of carbonyl (C=O) groups is 1. The van der Waals surface area contributed by atoms with Crippen molar-refractivity contribution < 1.29 is 13.6 Å². The van der Waals surface area contributed by atoms with E-state index in [9.17, 15) is 13.6 Å². The standard InChI is InChI=1S/C18H26F2N4O.HI/c1-12(14-5-6-15(19)16(20)9-14)10-23-18(22-2)24-7-3-4-13(11-24)8-17(21)25;/h5-6,9,12-13H,3-4,7-8,10-11H2,1-2H3,(H2,21,25)(H,22,23);1H. The predicted octanol–water partition coefficient (Wildman–Crippen LogP) is 2.85. The number of nitrogens with zero attached hydrogens (tertiary/aromatic N) is 2. The van der Waals surface area contributed by atoms with Gasteiger partial charge in [0.15, 0.2) is 17.6 Å². The Labute approximate surface area is 170 Å². The molecular weight excluding hydrogens is 453 g/mol. The Balaban J connectivity index is 0.00000338. The molecule has 0 spiro atoms. The van der Waals surface area contributed by atoms with Gasteiger partial charge >= 0.3 is 0 Å². The number of aliphatic imine (C=N–C) groups is 1. The van der Waals surface area contributed by atoms with Crippen molar-refractivity contribution in [2.75, 3.05) is 26.7 Å². The van der Waals surface area contributed by atoms with Gasteiger partial charge in [0.1, 0.15) is 0 Å². The van der Waals surface area contributed by atoms with Gasteiger partial charge in [-0.05, 0) is 42.4 Å². The van der Waals surface area contributed by atoms with Gasteiger partial charge in [0.2, 0.25) is 5.91 Å². The number of nitrogens with two attached hydrogens (primary N) is 1. The van der Waals surface area contributed by atoms with Crippen LogP contribution in [0.4, 0.5) is 8.78 Å². The zero-order chi connectivity index (χ0) is 18.4. The summed E-state index contributed by atoms with van der Waals surface area (Å²) in [4.78, 5) is 17.6. The van der Waals surface area contributed by atoms with E-state index in [1.165, 1.54) is 6.07 Å². The van der Waals surface area contributed by atoms with Crippen LogP contribution in [0.2, 0.25) is 0 Å². The lowest BCUT2D eigenvalue weighted by Gasteiger charge is -2.35. The number of halogens is 3. The lowest BCUT2D eigenvalue weighted by Crippen LogP contribution is -2.47. The van der Waals surface area contributed by atoms with Crippen molar-refractivity contribution >= 4 is 35.8 Å². The minimum absolute atomic E-state index is 0. The van der Waals surface area contributed by atoms with E-state index in [-0.39, 0.29) is 41.7 Å². The molecule has 1 heterocycles. The normalized spacial score (nSPS) is 18.8. The molecule has 2 unspecified atom stereocenters. The minimum Gasteiger partial charge on any atom is -0.370 e. The maximum atomic E-state index is 13.4. The minimum atomic E-state index is -0.839. The summed E-state index contributed by atoms with van der Waals surface area (Å²) in [7, 11) is 1.71. The van der Waals surface area contributed by atoms with Crippen LogP contribution in [-0.2, 0) is 4.79 Å². The Hall–Kier alpha value is -1.45. The summed E-state index contributed by atoms with van der Waals surface area (Å²) >= 11 is 0. The molecule has 2 atom stereocenters. The van der Waals surface area contributed by atoms with Gasteiger partial charge in [-0.3, -0.25) is 9.79 Å². The number of piperidine rings is 1. The Bertz CT molecular complexity index is 642. The average Bonchev–Trinajstić information content (AvgIpc) is 2.57. The molecule has 0 aliphatic carbocycles. The molecule has 146 valence electrons. The fourth-order valence-electron chi connectivity index (χ4n) is 3.22. The van der Waals surface area contributed by atoms with Crippen LogP contribution in [0.15, 0.2) is 23.2 Å². The number of benzene rings is 1. The SMILES string of the molecule is CN=C(NCC(C)c1ccc(F)c(F)c1)N1CCCC(CC(N)=O)C1.I. The molecule has 1 saturated heterocycles. The first-order valence-corrected chi connectivity index (χ1v) is 8.59. The number of carbonyl (C=O) groups excluding carboxylic acids is 1. The van der Waals surface area contributed by atoms with Crippen LogP contribution >= 0.6 is 24.0 Å². The van der Waals surface area contributed by atoms with Crippen molar-refractivity contribution in [3.05, 3.63) is 35.4 Å². The molecule has 5 nitrogen and oxygen atoms in total. The van der Waals surface area contributed by atoms with E-state index in [0.29, 0.717) is 13.0 Å². The number of amides is 1. The summed E-state index contributed by atoms with van der Waals surface area (Å²) in [5.74, 6) is -0.954. The fraction of sp³-hybridized carbons (Fsp3) is 0.556. The van der Waals surface area contributed by atoms with E-state index in [2.05, 4.69) is 15.2 Å². The van der Waals surface area contributed by atoms with Crippen molar-refractivity contribution in [1.82, 2.24) is 10.2 Å². The van der Waals surface area contributed by atoms with Crippen LogP contribution in [0.3, 0.4) is 0 Å². The predicted molar refractivity (Wildman–Crippen MR) is 110 cm³/mol. The number of nitrogens with one attached hydrogen (secondary N) is 1. The van der Waals surface area contributed by atoms with Gasteiger partial charge in [-0.1, -0.05) is 13.0 Å². The molecule has 1 amide bonds. The van der Waals surface area contributed by atoms with E-state index >= 15 is 0 Å². The second kappa shape index (κ2) is 10.6. The van der Waals surface area contributed by atoms with Gasteiger partial charge < -0.3 is 16.0 Å². The maximum Gasteiger partial charge on any atom is 0.217 e. The lowest BCUT2D eigenvalue weighted by atomic mass is 9.95. The van der Waals surface area contributed by atoms with Crippen molar-refractivity contribution in [2.45, 2.75) is 32.1 Å². The number of hydrogen-bond acceptors (Lipinski definition) is 2. The van der Waals surface area contributed by atoms with E-state index in [0.717, 1.165) is 43.5 Å². The molecule has 0 saturated carbocycles. The Morgan fingerprint density at radius 2 is 2.15 bits per heavy atom. The molecule has 1 aromatic rings. The smallest absolute Gasteiger partial charge is 0.217 e. The second-order valence-corrected chi connectivity index (χ2v) is 6.63. The monoisotopic (exact) mass is 480 g/mol. The zero-order valence-electron chi connectivity index (χ0n) is 15.2. The number of primary amides is 1. The average molecular weight is 480 g/mol. The highest BCUT2D eigenvalue weighted by Crippen LogP contribution is 2.20. The van der Waals surface area contributed by atoms with Gasteiger partial charge in [0.05, 0.1) is 0 Å². The lowest BCUT2D eigenvalue weighted by molar-refractivity contribution is -0.119. The molecular formula is C18H27F2IN4O.